The lowest BCUT2D eigenvalue weighted by Gasteiger charge is -2.11. The molecule has 0 saturated carbocycles. The fourth-order valence-electron chi connectivity index (χ4n) is 1.09. The zero-order valence-electron chi connectivity index (χ0n) is 8.45. The van der Waals surface area contributed by atoms with Crippen LogP contribution in [-0.2, 0) is 0 Å². The minimum Gasteiger partial charge on any atom is -0.497 e. The third-order valence-electron chi connectivity index (χ3n) is 1.85. The van der Waals surface area contributed by atoms with Gasteiger partial charge in [0.2, 0.25) is 0 Å². The highest BCUT2D eigenvalue weighted by molar-refractivity contribution is 7.80. The molecule has 0 fully saturated rings. The second kappa shape index (κ2) is 5.00. The van der Waals surface area contributed by atoms with Gasteiger partial charge in [-0.05, 0) is 12.1 Å². The minimum atomic E-state index is 0.302. The van der Waals surface area contributed by atoms with Gasteiger partial charge in [-0.25, -0.2) is 0 Å². The average molecular weight is 212 g/mol. The molecule has 0 spiro atoms. The van der Waals surface area contributed by atoms with Crippen LogP contribution in [0, 0.1) is 0 Å². The molecule has 4 heteroatoms. The standard InChI is InChI=1S/C10H16N2OS/c1-7(14)6-12-10-4-3-8(13-2)5-9(10)11/h3-5,7,12,14H,6,11H2,1-2H3. The number of ether oxygens (including phenoxy) is 1. The first kappa shape index (κ1) is 11.0. The van der Waals surface area contributed by atoms with Crippen LogP contribution in [0.5, 0.6) is 5.75 Å². The highest BCUT2D eigenvalue weighted by Crippen LogP contribution is 2.23. The molecular weight excluding hydrogens is 196 g/mol. The number of nitrogens with one attached hydrogen (secondary N) is 1. The topological polar surface area (TPSA) is 47.3 Å². The molecule has 1 atom stereocenters. The van der Waals surface area contributed by atoms with Gasteiger partial charge in [0.25, 0.3) is 0 Å². The first-order chi connectivity index (χ1) is 6.63. The van der Waals surface area contributed by atoms with Gasteiger partial charge in [0.05, 0.1) is 18.5 Å². The fraction of sp³-hybridized carbons (Fsp3) is 0.400. The van der Waals surface area contributed by atoms with Crippen LogP contribution in [0.2, 0.25) is 0 Å². The smallest absolute Gasteiger partial charge is 0.121 e. The van der Waals surface area contributed by atoms with E-state index in [9.17, 15) is 0 Å². The van der Waals surface area contributed by atoms with E-state index < -0.39 is 0 Å². The number of thiol groups is 1. The van der Waals surface area contributed by atoms with E-state index >= 15 is 0 Å². The minimum absolute atomic E-state index is 0.302. The predicted octanol–water partition coefficient (Wildman–Crippen LogP) is 2.01. The van der Waals surface area contributed by atoms with Crippen molar-refractivity contribution in [3.8, 4) is 5.75 Å². The summed E-state index contributed by atoms with van der Waals surface area (Å²) in [7, 11) is 1.62. The molecule has 14 heavy (non-hydrogen) atoms. The molecule has 1 aromatic carbocycles. The molecule has 78 valence electrons. The molecule has 0 bridgehead atoms. The lowest BCUT2D eigenvalue weighted by molar-refractivity contribution is 0.415. The molecule has 0 saturated heterocycles. The molecule has 1 rings (SSSR count). The second-order valence-corrected chi connectivity index (χ2v) is 4.06. The maximum Gasteiger partial charge on any atom is 0.121 e. The summed E-state index contributed by atoms with van der Waals surface area (Å²) >= 11 is 4.27. The number of benzene rings is 1. The summed E-state index contributed by atoms with van der Waals surface area (Å²) in [6.07, 6.45) is 0. The largest absolute Gasteiger partial charge is 0.497 e. The number of nitrogens with two attached hydrogens (primary N) is 1. The molecule has 0 aliphatic heterocycles. The zero-order valence-corrected chi connectivity index (χ0v) is 9.34. The van der Waals surface area contributed by atoms with Crippen molar-refractivity contribution < 1.29 is 4.74 Å². The Morgan fingerprint density at radius 1 is 1.57 bits per heavy atom. The van der Waals surface area contributed by atoms with Crippen LogP contribution in [-0.4, -0.2) is 18.9 Å². The Morgan fingerprint density at radius 3 is 2.79 bits per heavy atom. The van der Waals surface area contributed by atoms with Crippen molar-refractivity contribution in [2.75, 3.05) is 24.7 Å². The lowest BCUT2D eigenvalue weighted by atomic mass is 10.2. The molecule has 0 amide bonds. The van der Waals surface area contributed by atoms with Crippen LogP contribution in [0.1, 0.15) is 6.92 Å². The molecule has 0 aliphatic carbocycles. The molecule has 3 N–H and O–H groups in total. The van der Waals surface area contributed by atoms with Crippen LogP contribution in [0.25, 0.3) is 0 Å². The Hall–Kier alpha value is -1.03. The van der Waals surface area contributed by atoms with Gasteiger partial charge in [0.1, 0.15) is 5.75 Å². The Bertz CT molecular complexity index is 302. The second-order valence-electron chi connectivity index (χ2n) is 3.18. The third kappa shape index (κ3) is 3.03. The molecule has 0 aliphatic rings. The number of methoxy groups -OCH3 is 1. The van der Waals surface area contributed by atoms with Gasteiger partial charge in [0, 0.05) is 17.9 Å². The molecular formula is C10H16N2OS. The Balaban J connectivity index is 2.69. The van der Waals surface area contributed by atoms with Crippen LogP contribution in [0.15, 0.2) is 18.2 Å². The summed E-state index contributed by atoms with van der Waals surface area (Å²) in [5, 5.41) is 3.51. The Kier molecular flexibility index (Phi) is 3.95. The molecule has 1 unspecified atom stereocenters. The Morgan fingerprint density at radius 2 is 2.29 bits per heavy atom. The van der Waals surface area contributed by atoms with Gasteiger partial charge in [-0.1, -0.05) is 6.92 Å². The number of rotatable bonds is 4. The van der Waals surface area contributed by atoms with Crippen LogP contribution >= 0.6 is 12.6 Å². The van der Waals surface area contributed by atoms with E-state index in [4.69, 9.17) is 10.5 Å². The zero-order chi connectivity index (χ0) is 10.6. The summed E-state index contributed by atoms with van der Waals surface area (Å²) in [6.45, 7) is 2.81. The molecule has 3 nitrogen and oxygen atoms in total. The van der Waals surface area contributed by atoms with Crippen molar-refractivity contribution >= 4 is 24.0 Å². The normalized spacial score (nSPS) is 12.2. The highest BCUT2D eigenvalue weighted by Gasteiger charge is 2.01. The van der Waals surface area contributed by atoms with Crippen LogP contribution in [0.3, 0.4) is 0 Å². The first-order valence-electron chi connectivity index (χ1n) is 4.49. The SMILES string of the molecule is COc1ccc(NCC(C)S)c(N)c1. The van der Waals surface area contributed by atoms with Gasteiger partial charge in [-0.15, -0.1) is 0 Å². The van der Waals surface area contributed by atoms with E-state index in [-0.39, 0.29) is 0 Å². The summed E-state index contributed by atoms with van der Waals surface area (Å²) < 4.78 is 5.05. The van der Waals surface area contributed by atoms with Crippen LogP contribution in [0.4, 0.5) is 11.4 Å². The van der Waals surface area contributed by atoms with Gasteiger partial charge in [-0.3, -0.25) is 0 Å². The van der Waals surface area contributed by atoms with E-state index in [1.807, 2.05) is 19.1 Å². The predicted molar refractivity (Wildman–Crippen MR) is 64.3 cm³/mol. The van der Waals surface area contributed by atoms with E-state index in [1.165, 1.54) is 0 Å². The summed E-state index contributed by atoms with van der Waals surface area (Å²) in [4.78, 5) is 0. The quantitative estimate of drug-likeness (QED) is 0.528. The molecule has 1 aromatic rings. The number of anilines is 2. The summed E-state index contributed by atoms with van der Waals surface area (Å²) in [5.74, 6) is 0.770. The monoisotopic (exact) mass is 212 g/mol. The maximum atomic E-state index is 5.82. The van der Waals surface area contributed by atoms with Crippen molar-refractivity contribution in [2.24, 2.45) is 0 Å². The number of hydrogen-bond donors (Lipinski definition) is 3. The fourth-order valence-corrected chi connectivity index (χ4v) is 1.18. The maximum absolute atomic E-state index is 5.82. The van der Waals surface area contributed by atoms with E-state index in [2.05, 4.69) is 17.9 Å². The number of hydrogen-bond acceptors (Lipinski definition) is 4. The van der Waals surface area contributed by atoms with Crippen molar-refractivity contribution in [1.82, 2.24) is 0 Å². The van der Waals surface area contributed by atoms with Crippen molar-refractivity contribution in [3.05, 3.63) is 18.2 Å². The molecule has 0 heterocycles. The van der Waals surface area contributed by atoms with E-state index in [0.717, 1.165) is 18.0 Å². The van der Waals surface area contributed by atoms with Gasteiger partial charge >= 0.3 is 0 Å². The Labute approximate surface area is 90.0 Å². The summed E-state index contributed by atoms with van der Waals surface area (Å²) in [6, 6.07) is 5.58. The van der Waals surface area contributed by atoms with Crippen molar-refractivity contribution in [2.45, 2.75) is 12.2 Å². The number of nitrogen functional groups attached to an aromatic ring is 1. The first-order valence-corrected chi connectivity index (χ1v) is 5.00. The average Bonchev–Trinajstić information content (AvgIpc) is 2.15. The van der Waals surface area contributed by atoms with Crippen molar-refractivity contribution in [3.63, 3.8) is 0 Å². The highest BCUT2D eigenvalue weighted by atomic mass is 32.1. The van der Waals surface area contributed by atoms with Crippen LogP contribution < -0.4 is 15.8 Å². The van der Waals surface area contributed by atoms with E-state index in [0.29, 0.717) is 10.9 Å². The molecule has 0 aromatic heterocycles. The van der Waals surface area contributed by atoms with Gasteiger partial charge in [-0.2, -0.15) is 12.6 Å². The lowest BCUT2D eigenvalue weighted by Crippen LogP contribution is -2.11. The van der Waals surface area contributed by atoms with Gasteiger partial charge < -0.3 is 15.8 Å². The van der Waals surface area contributed by atoms with Gasteiger partial charge in [0.15, 0.2) is 0 Å². The molecule has 0 radical (unpaired) electrons. The van der Waals surface area contributed by atoms with Crippen molar-refractivity contribution in [1.29, 1.82) is 0 Å². The third-order valence-corrected chi connectivity index (χ3v) is 2.03. The summed E-state index contributed by atoms with van der Waals surface area (Å²) in [5.41, 5.74) is 7.43. The van der Waals surface area contributed by atoms with E-state index in [1.54, 1.807) is 13.2 Å².